The summed E-state index contributed by atoms with van der Waals surface area (Å²) < 4.78 is 13.5. The quantitative estimate of drug-likeness (QED) is 0.932. The first kappa shape index (κ1) is 15.8. The number of nitrogens with one attached hydrogen (secondary N) is 1. The molecule has 0 aliphatic carbocycles. The van der Waals surface area contributed by atoms with E-state index in [0.29, 0.717) is 12.0 Å². The summed E-state index contributed by atoms with van der Waals surface area (Å²) in [6, 6.07) is 3.74. The van der Waals surface area contributed by atoms with Crippen LogP contribution in [0.4, 0.5) is 4.39 Å². The van der Waals surface area contributed by atoms with Crippen molar-refractivity contribution in [3.63, 3.8) is 0 Å². The van der Waals surface area contributed by atoms with Crippen LogP contribution < -0.4 is 5.32 Å². The highest BCUT2D eigenvalue weighted by atomic mass is 35.5. The third-order valence-corrected chi connectivity index (χ3v) is 3.98. The van der Waals surface area contributed by atoms with Crippen LogP contribution in [0.25, 0.3) is 0 Å². The second kappa shape index (κ2) is 6.43. The second-order valence-corrected chi connectivity index (χ2v) is 5.70. The van der Waals surface area contributed by atoms with E-state index in [1.807, 2.05) is 13.8 Å². The molecule has 21 heavy (non-hydrogen) atoms. The summed E-state index contributed by atoms with van der Waals surface area (Å²) in [5, 5.41) is 2.77. The average Bonchev–Trinajstić information content (AvgIpc) is 2.53. The van der Waals surface area contributed by atoms with E-state index in [0.717, 1.165) is 0 Å². The van der Waals surface area contributed by atoms with E-state index < -0.39 is 11.9 Å². The molecule has 0 spiro atoms. The SMILES string of the molecule is CCC1NC(=O)CC(C)N(Cc2ccc(Cl)c(F)c2)C1=O. The number of rotatable bonds is 3. The lowest BCUT2D eigenvalue weighted by Gasteiger charge is -2.28. The number of hydrogen-bond acceptors (Lipinski definition) is 2. The summed E-state index contributed by atoms with van der Waals surface area (Å²) in [6.07, 6.45) is 0.779. The number of amides is 2. The fraction of sp³-hybridized carbons (Fsp3) is 0.467. The molecule has 2 rings (SSSR count). The van der Waals surface area contributed by atoms with Crippen molar-refractivity contribution in [1.82, 2.24) is 10.2 Å². The highest BCUT2D eigenvalue weighted by molar-refractivity contribution is 6.30. The highest BCUT2D eigenvalue weighted by Gasteiger charge is 2.32. The Labute approximate surface area is 128 Å². The molecule has 2 atom stereocenters. The maximum absolute atomic E-state index is 13.5. The van der Waals surface area contributed by atoms with Crippen LogP contribution >= 0.6 is 11.6 Å². The van der Waals surface area contributed by atoms with Gasteiger partial charge >= 0.3 is 0 Å². The monoisotopic (exact) mass is 312 g/mol. The molecule has 1 saturated heterocycles. The zero-order valence-corrected chi connectivity index (χ0v) is 12.8. The lowest BCUT2D eigenvalue weighted by Crippen LogP contribution is -2.45. The van der Waals surface area contributed by atoms with Crippen molar-refractivity contribution in [2.45, 2.75) is 45.3 Å². The average molecular weight is 313 g/mol. The first-order valence-corrected chi connectivity index (χ1v) is 7.34. The molecule has 1 aliphatic heterocycles. The van der Waals surface area contributed by atoms with Gasteiger partial charge in [0, 0.05) is 19.0 Å². The maximum atomic E-state index is 13.5. The van der Waals surface area contributed by atoms with E-state index in [1.54, 1.807) is 11.0 Å². The van der Waals surface area contributed by atoms with E-state index in [1.165, 1.54) is 12.1 Å². The topological polar surface area (TPSA) is 49.4 Å². The smallest absolute Gasteiger partial charge is 0.245 e. The summed E-state index contributed by atoms with van der Waals surface area (Å²) in [4.78, 5) is 25.8. The number of carbonyl (C=O) groups excluding carboxylic acids is 2. The van der Waals surface area contributed by atoms with Crippen LogP contribution in [-0.4, -0.2) is 28.8 Å². The van der Waals surface area contributed by atoms with Gasteiger partial charge in [-0.25, -0.2) is 4.39 Å². The molecule has 1 fully saturated rings. The number of nitrogens with zero attached hydrogens (tertiary/aromatic N) is 1. The first-order chi connectivity index (χ1) is 9.92. The van der Waals surface area contributed by atoms with Crippen LogP contribution in [0, 0.1) is 5.82 Å². The summed E-state index contributed by atoms with van der Waals surface area (Å²) in [6.45, 7) is 3.93. The van der Waals surface area contributed by atoms with Crippen molar-refractivity contribution in [3.8, 4) is 0 Å². The largest absolute Gasteiger partial charge is 0.344 e. The first-order valence-electron chi connectivity index (χ1n) is 6.96. The van der Waals surface area contributed by atoms with Crippen molar-refractivity contribution in [1.29, 1.82) is 0 Å². The standard InChI is InChI=1S/C15H18ClFN2O2/c1-3-13-15(21)19(9(2)6-14(20)18-13)8-10-4-5-11(16)12(17)7-10/h4-5,7,9,13H,3,6,8H2,1-2H3,(H,18,20). The molecule has 0 radical (unpaired) electrons. The van der Waals surface area contributed by atoms with Crippen molar-refractivity contribution < 1.29 is 14.0 Å². The molecular weight excluding hydrogens is 295 g/mol. The zero-order valence-electron chi connectivity index (χ0n) is 12.0. The zero-order chi connectivity index (χ0) is 15.6. The molecule has 6 heteroatoms. The van der Waals surface area contributed by atoms with Gasteiger partial charge in [-0.2, -0.15) is 0 Å². The summed E-state index contributed by atoms with van der Waals surface area (Å²) in [5.74, 6) is -0.774. The fourth-order valence-electron chi connectivity index (χ4n) is 2.46. The molecule has 1 N–H and O–H groups in total. The van der Waals surface area contributed by atoms with Crippen LogP contribution in [-0.2, 0) is 16.1 Å². The van der Waals surface area contributed by atoms with Gasteiger partial charge in [-0.3, -0.25) is 9.59 Å². The van der Waals surface area contributed by atoms with E-state index in [-0.39, 0.29) is 35.8 Å². The Hall–Kier alpha value is -1.62. The fourth-order valence-corrected chi connectivity index (χ4v) is 2.57. The van der Waals surface area contributed by atoms with Gasteiger partial charge in [0.15, 0.2) is 0 Å². The van der Waals surface area contributed by atoms with Crippen molar-refractivity contribution >= 4 is 23.4 Å². The molecule has 1 heterocycles. The molecule has 0 bridgehead atoms. The molecule has 2 amide bonds. The summed E-state index contributed by atoms with van der Waals surface area (Å²) in [5.41, 5.74) is 0.654. The minimum atomic E-state index is -0.514. The molecule has 1 aromatic carbocycles. The Bertz CT molecular complexity index is 565. The van der Waals surface area contributed by atoms with Crippen LogP contribution in [0.3, 0.4) is 0 Å². The van der Waals surface area contributed by atoms with E-state index in [9.17, 15) is 14.0 Å². The molecule has 4 nitrogen and oxygen atoms in total. The minimum Gasteiger partial charge on any atom is -0.344 e. The van der Waals surface area contributed by atoms with Crippen LogP contribution in [0.15, 0.2) is 18.2 Å². The van der Waals surface area contributed by atoms with Crippen LogP contribution in [0.2, 0.25) is 5.02 Å². The van der Waals surface area contributed by atoms with Crippen molar-refractivity contribution in [2.75, 3.05) is 0 Å². The van der Waals surface area contributed by atoms with E-state index in [4.69, 9.17) is 11.6 Å². The minimum absolute atomic E-state index is 0.0530. The molecule has 0 saturated carbocycles. The number of carbonyl (C=O) groups is 2. The Kier molecular flexibility index (Phi) is 4.83. The van der Waals surface area contributed by atoms with Gasteiger partial charge in [0.25, 0.3) is 0 Å². The molecule has 1 aliphatic rings. The predicted octanol–water partition coefficient (Wildman–Crippen LogP) is 2.49. The van der Waals surface area contributed by atoms with Crippen molar-refractivity contribution in [3.05, 3.63) is 34.6 Å². The molecular formula is C15H18ClFN2O2. The highest BCUT2D eigenvalue weighted by Crippen LogP contribution is 2.20. The van der Waals surface area contributed by atoms with Gasteiger partial charge in [-0.1, -0.05) is 24.6 Å². The Morgan fingerprint density at radius 3 is 2.76 bits per heavy atom. The van der Waals surface area contributed by atoms with Gasteiger partial charge in [-0.15, -0.1) is 0 Å². The van der Waals surface area contributed by atoms with Gasteiger partial charge in [-0.05, 0) is 31.0 Å². The van der Waals surface area contributed by atoms with Crippen molar-refractivity contribution in [2.24, 2.45) is 0 Å². The molecule has 2 unspecified atom stereocenters. The van der Waals surface area contributed by atoms with Gasteiger partial charge in [0.1, 0.15) is 11.9 Å². The van der Waals surface area contributed by atoms with E-state index >= 15 is 0 Å². The lowest BCUT2D eigenvalue weighted by atomic mass is 10.1. The third kappa shape index (κ3) is 3.53. The summed E-state index contributed by atoms with van der Waals surface area (Å²) >= 11 is 5.66. The summed E-state index contributed by atoms with van der Waals surface area (Å²) in [7, 11) is 0. The van der Waals surface area contributed by atoms with Crippen LogP contribution in [0.5, 0.6) is 0 Å². The maximum Gasteiger partial charge on any atom is 0.245 e. The number of hydrogen-bond donors (Lipinski definition) is 1. The van der Waals surface area contributed by atoms with Gasteiger partial charge in [0.2, 0.25) is 11.8 Å². The van der Waals surface area contributed by atoms with Crippen LogP contribution in [0.1, 0.15) is 32.3 Å². The molecule has 114 valence electrons. The molecule has 0 aromatic heterocycles. The second-order valence-electron chi connectivity index (χ2n) is 5.30. The van der Waals surface area contributed by atoms with Gasteiger partial charge < -0.3 is 10.2 Å². The van der Waals surface area contributed by atoms with E-state index in [2.05, 4.69) is 5.32 Å². The number of benzene rings is 1. The Balaban J connectivity index is 2.24. The third-order valence-electron chi connectivity index (χ3n) is 3.67. The molecule has 1 aromatic rings. The Morgan fingerprint density at radius 2 is 2.14 bits per heavy atom. The van der Waals surface area contributed by atoms with Gasteiger partial charge in [0.05, 0.1) is 5.02 Å². The normalized spacial score (nSPS) is 23.0. The predicted molar refractivity (Wildman–Crippen MR) is 78.3 cm³/mol. The number of halogens is 2. The lowest BCUT2D eigenvalue weighted by molar-refractivity contribution is -0.135. The Morgan fingerprint density at radius 1 is 1.43 bits per heavy atom.